The second kappa shape index (κ2) is 4.57. The molecule has 2 N–H and O–H groups in total. The van der Waals surface area contributed by atoms with Crippen LogP contribution in [-0.2, 0) is 7.05 Å². The standard InChI is InChI=1S/C14H16N6/c1-4-11-18-12-9(14(15)20(11)3)5-6-16-13(12)10-7-19(2)8-17-10/h4-8,14H,1,15H2,2-3H3. The van der Waals surface area contributed by atoms with Crippen LogP contribution in [0.15, 0.2) is 42.4 Å². The number of nitrogens with zero attached hydrogens (tertiary/aromatic N) is 5. The second-order valence-corrected chi connectivity index (χ2v) is 4.75. The highest BCUT2D eigenvalue weighted by Crippen LogP contribution is 2.37. The van der Waals surface area contributed by atoms with Crippen molar-refractivity contribution >= 4 is 11.5 Å². The Labute approximate surface area is 117 Å². The number of aryl methyl sites for hydroxylation is 1. The summed E-state index contributed by atoms with van der Waals surface area (Å²) in [6, 6.07) is 1.90. The molecule has 0 amide bonds. The largest absolute Gasteiger partial charge is 0.340 e. The Morgan fingerprint density at radius 1 is 1.35 bits per heavy atom. The van der Waals surface area contributed by atoms with Crippen LogP contribution in [0, 0.1) is 0 Å². The fraction of sp³-hybridized carbons (Fsp3) is 0.214. The Kier molecular flexibility index (Phi) is 2.87. The minimum absolute atomic E-state index is 0.263. The van der Waals surface area contributed by atoms with E-state index in [1.54, 1.807) is 18.6 Å². The number of likely N-dealkylation sites (N-methyl/N-ethyl adjacent to an activating group) is 1. The van der Waals surface area contributed by atoms with Gasteiger partial charge < -0.3 is 15.2 Å². The molecule has 2 aromatic heterocycles. The average Bonchev–Trinajstić information content (AvgIpc) is 2.88. The van der Waals surface area contributed by atoms with Crippen molar-refractivity contribution in [1.29, 1.82) is 0 Å². The first-order chi connectivity index (χ1) is 9.61. The topological polar surface area (TPSA) is 72.3 Å². The van der Waals surface area contributed by atoms with E-state index in [-0.39, 0.29) is 6.17 Å². The number of aromatic nitrogens is 3. The summed E-state index contributed by atoms with van der Waals surface area (Å²) in [5.74, 6) is 0.732. The molecule has 3 rings (SSSR count). The number of fused-ring (bicyclic) bond motifs is 1. The summed E-state index contributed by atoms with van der Waals surface area (Å²) in [5.41, 5.74) is 9.49. The van der Waals surface area contributed by atoms with E-state index < -0.39 is 0 Å². The van der Waals surface area contributed by atoms with Crippen molar-refractivity contribution in [1.82, 2.24) is 19.4 Å². The number of nitrogens with two attached hydrogens (primary N) is 1. The molecule has 1 aliphatic rings. The predicted octanol–water partition coefficient (Wildman–Crippen LogP) is 1.60. The Bertz CT molecular complexity index is 699. The lowest BCUT2D eigenvalue weighted by Gasteiger charge is -2.32. The minimum atomic E-state index is -0.263. The average molecular weight is 268 g/mol. The monoisotopic (exact) mass is 268 g/mol. The molecule has 0 spiro atoms. The van der Waals surface area contributed by atoms with Crippen LogP contribution in [0.1, 0.15) is 11.7 Å². The van der Waals surface area contributed by atoms with Crippen molar-refractivity contribution in [2.75, 3.05) is 7.05 Å². The van der Waals surface area contributed by atoms with Crippen molar-refractivity contribution in [2.45, 2.75) is 6.17 Å². The van der Waals surface area contributed by atoms with E-state index in [9.17, 15) is 0 Å². The van der Waals surface area contributed by atoms with Crippen molar-refractivity contribution < 1.29 is 0 Å². The van der Waals surface area contributed by atoms with Crippen LogP contribution in [0.5, 0.6) is 0 Å². The van der Waals surface area contributed by atoms with Gasteiger partial charge in [0.1, 0.15) is 29.1 Å². The maximum Gasteiger partial charge on any atom is 0.129 e. The van der Waals surface area contributed by atoms with E-state index in [0.29, 0.717) is 0 Å². The summed E-state index contributed by atoms with van der Waals surface area (Å²) >= 11 is 0. The van der Waals surface area contributed by atoms with Gasteiger partial charge in [0.05, 0.1) is 6.33 Å². The molecular weight excluding hydrogens is 252 g/mol. The fourth-order valence-electron chi connectivity index (χ4n) is 2.28. The number of rotatable bonds is 2. The molecule has 6 heteroatoms. The summed E-state index contributed by atoms with van der Waals surface area (Å²) in [6.07, 6.45) is 6.82. The van der Waals surface area contributed by atoms with Crippen LogP contribution in [0.3, 0.4) is 0 Å². The van der Waals surface area contributed by atoms with Gasteiger partial charge in [-0.1, -0.05) is 6.58 Å². The summed E-state index contributed by atoms with van der Waals surface area (Å²) < 4.78 is 1.88. The highest BCUT2D eigenvalue weighted by Gasteiger charge is 2.26. The summed E-state index contributed by atoms with van der Waals surface area (Å²) in [6.45, 7) is 3.78. The van der Waals surface area contributed by atoms with E-state index in [2.05, 4.69) is 21.5 Å². The van der Waals surface area contributed by atoms with Crippen LogP contribution in [0.25, 0.3) is 11.4 Å². The predicted molar refractivity (Wildman–Crippen MR) is 78.4 cm³/mol. The molecule has 0 fully saturated rings. The van der Waals surface area contributed by atoms with Gasteiger partial charge in [-0.2, -0.15) is 0 Å². The Hall–Kier alpha value is -2.47. The van der Waals surface area contributed by atoms with E-state index >= 15 is 0 Å². The van der Waals surface area contributed by atoms with Crippen LogP contribution < -0.4 is 5.73 Å². The normalized spacial score (nSPS) is 17.6. The van der Waals surface area contributed by atoms with E-state index in [4.69, 9.17) is 5.73 Å². The van der Waals surface area contributed by atoms with Gasteiger partial charge in [-0.05, 0) is 12.1 Å². The third-order valence-corrected chi connectivity index (χ3v) is 3.41. The zero-order valence-electron chi connectivity index (χ0n) is 11.5. The molecule has 1 unspecified atom stereocenters. The molecule has 0 aliphatic carbocycles. The first kappa shape index (κ1) is 12.6. The van der Waals surface area contributed by atoms with Gasteiger partial charge in [0.2, 0.25) is 0 Å². The molecular formula is C14H16N6. The third kappa shape index (κ3) is 1.81. The maximum atomic E-state index is 6.25. The highest BCUT2D eigenvalue weighted by molar-refractivity contribution is 5.97. The number of pyridine rings is 1. The number of hydrogen-bond donors (Lipinski definition) is 1. The van der Waals surface area contributed by atoms with Crippen LogP contribution in [0.2, 0.25) is 0 Å². The molecule has 2 aromatic rings. The summed E-state index contributed by atoms with van der Waals surface area (Å²) in [4.78, 5) is 15.3. The van der Waals surface area contributed by atoms with Gasteiger partial charge in [-0.15, -0.1) is 0 Å². The molecule has 0 aromatic carbocycles. The molecule has 1 aliphatic heterocycles. The zero-order chi connectivity index (χ0) is 14.3. The lowest BCUT2D eigenvalue weighted by atomic mass is 10.1. The van der Waals surface area contributed by atoms with Crippen molar-refractivity contribution in [2.24, 2.45) is 17.8 Å². The Morgan fingerprint density at radius 3 is 2.80 bits per heavy atom. The van der Waals surface area contributed by atoms with Gasteiger partial charge in [0.25, 0.3) is 0 Å². The van der Waals surface area contributed by atoms with Crippen molar-refractivity contribution in [3.8, 4) is 11.4 Å². The molecule has 20 heavy (non-hydrogen) atoms. The quantitative estimate of drug-likeness (QED) is 0.898. The third-order valence-electron chi connectivity index (χ3n) is 3.41. The molecule has 6 nitrogen and oxygen atoms in total. The van der Waals surface area contributed by atoms with Crippen molar-refractivity contribution in [3.05, 3.63) is 43.0 Å². The van der Waals surface area contributed by atoms with E-state index in [0.717, 1.165) is 28.5 Å². The first-order valence-electron chi connectivity index (χ1n) is 6.28. The number of aliphatic imine (C=N–C) groups is 1. The van der Waals surface area contributed by atoms with Gasteiger partial charge in [0.15, 0.2) is 0 Å². The summed E-state index contributed by atoms with van der Waals surface area (Å²) in [5, 5.41) is 0. The second-order valence-electron chi connectivity index (χ2n) is 4.75. The SMILES string of the molecule is C=CC1=Nc2c(ccnc2-c2cn(C)cn2)C(N)N1C. The van der Waals surface area contributed by atoms with Gasteiger partial charge >= 0.3 is 0 Å². The lowest BCUT2D eigenvalue weighted by Crippen LogP contribution is -2.37. The van der Waals surface area contributed by atoms with Gasteiger partial charge in [0, 0.05) is 32.1 Å². The first-order valence-corrected chi connectivity index (χ1v) is 6.28. The highest BCUT2D eigenvalue weighted by atomic mass is 15.3. The molecule has 0 bridgehead atoms. The van der Waals surface area contributed by atoms with Gasteiger partial charge in [-0.3, -0.25) is 4.98 Å². The summed E-state index contributed by atoms with van der Waals surface area (Å²) in [7, 11) is 3.82. The number of imidazole rings is 1. The minimum Gasteiger partial charge on any atom is -0.340 e. The number of hydrogen-bond acceptors (Lipinski definition) is 5. The molecule has 102 valence electrons. The van der Waals surface area contributed by atoms with Crippen LogP contribution in [0.4, 0.5) is 5.69 Å². The van der Waals surface area contributed by atoms with Crippen molar-refractivity contribution in [3.63, 3.8) is 0 Å². The Morgan fingerprint density at radius 2 is 2.15 bits per heavy atom. The van der Waals surface area contributed by atoms with E-state index in [1.165, 1.54) is 0 Å². The lowest BCUT2D eigenvalue weighted by molar-refractivity contribution is 0.381. The molecule has 1 atom stereocenters. The zero-order valence-corrected chi connectivity index (χ0v) is 11.5. The van der Waals surface area contributed by atoms with Crippen LogP contribution in [-0.4, -0.2) is 32.3 Å². The number of amidine groups is 1. The Balaban J connectivity index is 2.23. The van der Waals surface area contributed by atoms with Crippen LogP contribution >= 0.6 is 0 Å². The molecule has 0 radical (unpaired) electrons. The fourth-order valence-corrected chi connectivity index (χ4v) is 2.28. The molecule has 0 saturated carbocycles. The molecule has 3 heterocycles. The van der Waals surface area contributed by atoms with E-state index in [1.807, 2.05) is 35.8 Å². The smallest absolute Gasteiger partial charge is 0.129 e. The maximum absolute atomic E-state index is 6.25. The molecule has 0 saturated heterocycles. The van der Waals surface area contributed by atoms with Gasteiger partial charge in [-0.25, -0.2) is 9.98 Å².